The van der Waals surface area contributed by atoms with E-state index in [4.69, 9.17) is 12.2 Å². The van der Waals surface area contributed by atoms with Gasteiger partial charge in [0.05, 0.1) is 5.69 Å². The maximum atomic E-state index is 13.5. The van der Waals surface area contributed by atoms with Gasteiger partial charge in [-0.25, -0.2) is 8.78 Å². The van der Waals surface area contributed by atoms with Crippen LogP contribution in [0.5, 0.6) is 0 Å². The summed E-state index contributed by atoms with van der Waals surface area (Å²) in [6.45, 7) is 4.75. The van der Waals surface area contributed by atoms with Gasteiger partial charge in [0.15, 0.2) is 10.9 Å². The van der Waals surface area contributed by atoms with Crippen LogP contribution < -0.4 is 10.6 Å². The molecule has 1 aromatic carbocycles. The van der Waals surface area contributed by atoms with Crippen molar-refractivity contribution in [2.24, 2.45) is 5.92 Å². The molecule has 0 fully saturated rings. The van der Waals surface area contributed by atoms with Crippen molar-refractivity contribution in [2.45, 2.75) is 13.8 Å². The highest BCUT2D eigenvalue weighted by molar-refractivity contribution is 9.10. The molecule has 2 N–H and O–H groups in total. The Morgan fingerprint density at radius 2 is 2.06 bits per heavy atom. The molecule has 0 spiro atoms. The number of halogens is 3. The largest absolute Gasteiger partial charge is 0.362 e. The van der Waals surface area contributed by atoms with Crippen LogP contribution in [0.1, 0.15) is 13.8 Å². The normalized spacial score (nSPS) is 10.5. The molecule has 17 heavy (non-hydrogen) atoms. The van der Waals surface area contributed by atoms with E-state index in [0.717, 1.165) is 6.07 Å². The maximum absolute atomic E-state index is 13.5. The van der Waals surface area contributed by atoms with Crippen LogP contribution in [-0.4, -0.2) is 11.7 Å². The summed E-state index contributed by atoms with van der Waals surface area (Å²) >= 11 is 8.08. The predicted molar refractivity (Wildman–Crippen MR) is 73.1 cm³/mol. The molecule has 0 saturated heterocycles. The first kappa shape index (κ1) is 14.3. The van der Waals surface area contributed by atoms with Gasteiger partial charge in [-0.15, -0.1) is 0 Å². The van der Waals surface area contributed by atoms with Gasteiger partial charge in [-0.05, 0) is 40.1 Å². The van der Waals surface area contributed by atoms with Crippen molar-refractivity contribution in [2.75, 3.05) is 11.9 Å². The van der Waals surface area contributed by atoms with Gasteiger partial charge in [-0.1, -0.05) is 13.8 Å². The second-order valence-electron chi connectivity index (χ2n) is 3.97. The van der Waals surface area contributed by atoms with Crippen LogP contribution in [0.25, 0.3) is 0 Å². The average molecular weight is 323 g/mol. The zero-order valence-corrected chi connectivity index (χ0v) is 11.9. The van der Waals surface area contributed by atoms with E-state index < -0.39 is 11.6 Å². The molecule has 1 aromatic rings. The van der Waals surface area contributed by atoms with Crippen molar-refractivity contribution in [3.05, 3.63) is 28.2 Å². The average Bonchev–Trinajstić information content (AvgIpc) is 2.20. The minimum absolute atomic E-state index is 0.132. The van der Waals surface area contributed by atoms with Crippen molar-refractivity contribution in [3.63, 3.8) is 0 Å². The number of thiocarbonyl (C=S) groups is 1. The van der Waals surface area contributed by atoms with Crippen molar-refractivity contribution in [3.8, 4) is 0 Å². The number of nitrogens with one attached hydrogen (secondary N) is 2. The van der Waals surface area contributed by atoms with Gasteiger partial charge < -0.3 is 10.6 Å². The molecule has 0 amide bonds. The zero-order chi connectivity index (χ0) is 13.0. The summed E-state index contributed by atoms with van der Waals surface area (Å²) < 4.78 is 26.6. The third-order valence-electron chi connectivity index (χ3n) is 1.92. The number of hydrogen-bond acceptors (Lipinski definition) is 1. The van der Waals surface area contributed by atoms with Crippen LogP contribution in [0.3, 0.4) is 0 Å². The molecule has 0 saturated carbocycles. The van der Waals surface area contributed by atoms with Crippen molar-refractivity contribution in [1.82, 2.24) is 5.32 Å². The van der Waals surface area contributed by atoms with Gasteiger partial charge in [-0.3, -0.25) is 0 Å². The standard InChI is InChI=1S/C11H13BrF2N2S/c1-6(2)5-15-11(17)16-10-8(12)3-7(13)4-9(10)14/h3-4,6H,5H2,1-2H3,(H2,15,16,17). The molecular weight excluding hydrogens is 310 g/mol. The van der Waals surface area contributed by atoms with E-state index in [-0.39, 0.29) is 5.69 Å². The third kappa shape index (κ3) is 4.55. The van der Waals surface area contributed by atoms with E-state index in [2.05, 4.69) is 26.6 Å². The lowest BCUT2D eigenvalue weighted by molar-refractivity contribution is 0.584. The quantitative estimate of drug-likeness (QED) is 0.830. The summed E-state index contributed by atoms with van der Waals surface area (Å²) in [6, 6.07) is 1.98. The highest BCUT2D eigenvalue weighted by Crippen LogP contribution is 2.26. The lowest BCUT2D eigenvalue weighted by atomic mass is 10.2. The highest BCUT2D eigenvalue weighted by Gasteiger charge is 2.10. The molecule has 1 rings (SSSR count). The molecule has 2 nitrogen and oxygen atoms in total. The highest BCUT2D eigenvalue weighted by atomic mass is 79.9. The molecule has 0 radical (unpaired) electrons. The lowest BCUT2D eigenvalue weighted by Gasteiger charge is -2.13. The summed E-state index contributed by atoms with van der Waals surface area (Å²) in [5, 5.41) is 5.94. The fourth-order valence-electron chi connectivity index (χ4n) is 1.12. The fourth-order valence-corrected chi connectivity index (χ4v) is 1.81. The summed E-state index contributed by atoms with van der Waals surface area (Å²) in [7, 11) is 0. The minimum Gasteiger partial charge on any atom is -0.362 e. The van der Waals surface area contributed by atoms with Gasteiger partial charge in [0, 0.05) is 17.1 Å². The van der Waals surface area contributed by atoms with E-state index in [1.165, 1.54) is 6.07 Å². The topological polar surface area (TPSA) is 24.1 Å². The monoisotopic (exact) mass is 322 g/mol. The predicted octanol–water partition coefficient (Wildman–Crippen LogP) is 3.67. The van der Waals surface area contributed by atoms with E-state index in [0.29, 0.717) is 22.0 Å². The number of benzene rings is 1. The number of anilines is 1. The third-order valence-corrected chi connectivity index (χ3v) is 2.79. The van der Waals surface area contributed by atoms with Crippen LogP contribution in [0.2, 0.25) is 0 Å². The van der Waals surface area contributed by atoms with E-state index in [1.54, 1.807) is 0 Å². The smallest absolute Gasteiger partial charge is 0.170 e. The lowest BCUT2D eigenvalue weighted by Crippen LogP contribution is -2.31. The first-order valence-electron chi connectivity index (χ1n) is 5.09. The van der Waals surface area contributed by atoms with Crippen LogP contribution in [0.4, 0.5) is 14.5 Å². The molecule has 0 atom stereocenters. The second-order valence-corrected chi connectivity index (χ2v) is 5.24. The Balaban J connectivity index is 2.72. The van der Waals surface area contributed by atoms with Crippen molar-refractivity contribution >= 4 is 38.9 Å². The summed E-state index contributed by atoms with van der Waals surface area (Å²) in [6.07, 6.45) is 0. The number of hydrogen-bond donors (Lipinski definition) is 2. The van der Waals surface area contributed by atoms with Gasteiger partial charge in [-0.2, -0.15) is 0 Å². The van der Waals surface area contributed by atoms with Crippen LogP contribution in [0, 0.1) is 17.6 Å². The zero-order valence-electron chi connectivity index (χ0n) is 9.48. The van der Waals surface area contributed by atoms with Crippen LogP contribution >= 0.6 is 28.1 Å². The van der Waals surface area contributed by atoms with E-state index in [9.17, 15) is 8.78 Å². The van der Waals surface area contributed by atoms with Gasteiger partial charge in [0.25, 0.3) is 0 Å². The Kier molecular flexibility index (Phi) is 5.27. The maximum Gasteiger partial charge on any atom is 0.170 e. The molecule has 6 heteroatoms. The Hall–Kier alpha value is -0.750. The van der Waals surface area contributed by atoms with Crippen molar-refractivity contribution in [1.29, 1.82) is 0 Å². The van der Waals surface area contributed by atoms with Gasteiger partial charge in [0.2, 0.25) is 0 Å². The Labute approximate surface area is 113 Å². The summed E-state index contributed by atoms with van der Waals surface area (Å²) in [4.78, 5) is 0. The number of rotatable bonds is 3. The molecule has 0 heterocycles. The molecule has 0 aliphatic rings. The Morgan fingerprint density at radius 1 is 1.41 bits per heavy atom. The SMILES string of the molecule is CC(C)CNC(=S)Nc1c(F)cc(F)cc1Br. The molecule has 0 aromatic heterocycles. The molecule has 0 bridgehead atoms. The molecule has 0 aliphatic heterocycles. The molecule has 0 aliphatic carbocycles. The molecule has 94 valence electrons. The van der Waals surface area contributed by atoms with Gasteiger partial charge in [0.1, 0.15) is 5.82 Å². The Bertz CT molecular complexity index is 401. The van der Waals surface area contributed by atoms with Crippen LogP contribution in [-0.2, 0) is 0 Å². The first-order chi connectivity index (χ1) is 7.90. The summed E-state index contributed by atoms with van der Waals surface area (Å²) in [5.41, 5.74) is 0.132. The second kappa shape index (κ2) is 6.26. The summed E-state index contributed by atoms with van der Waals surface area (Å²) in [5.74, 6) is -0.900. The van der Waals surface area contributed by atoms with Crippen molar-refractivity contribution < 1.29 is 8.78 Å². The van der Waals surface area contributed by atoms with Crippen LogP contribution in [0.15, 0.2) is 16.6 Å². The molecular formula is C11H13BrF2N2S. The van der Waals surface area contributed by atoms with E-state index >= 15 is 0 Å². The van der Waals surface area contributed by atoms with Gasteiger partial charge >= 0.3 is 0 Å². The first-order valence-corrected chi connectivity index (χ1v) is 6.29. The molecule has 0 unspecified atom stereocenters. The van der Waals surface area contributed by atoms with E-state index in [1.807, 2.05) is 13.8 Å². The Morgan fingerprint density at radius 3 is 2.59 bits per heavy atom. The minimum atomic E-state index is -0.689. The fraction of sp³-hybridized carbons (Fsp3) is 0.364.